The van der Waals surface area contributed by atoms with Crippen LogP contribution in [0.4, 0.5) is 8.78 Å². The fourth-order valence-corrected chi connectivity index (χ4v) is 2.83. The van der Waals surface area contributed by atoms with Crippen LogP contribution in [-0.4, -0.2) is 14.5 Å². The molecular formula is C13H11F2N3OS. The number of rotatable bonds is 4. The van der Waals surface area contributed by atoms with Gasteiger partial charge in [-0.1, -0.05) is 23.9 Å². The molecule has 3 rings (SSSR count). The first kappa shape index (κ1) is 13.1. The Morgan fingerprint density at radius 1 is 1.30 bits per heavy atom. The predicted molar refractivity (Wildman–Crippen MR) is 71.8 cm³/mol. The Labute approximate surface area is 117 Å². The zero-order valence-corrected chi connectivity index (χ0v) is 11.3. The summed E-state index contributed by atoms with van der Waals surface area (Å²) in [6.45, 7) is -0.834. The molecule has 20 heavy (non-hydrogen) atoms. The molecule has 7 heteroatoms. The zero-order valence-electron chi connectivity index (χ0n) is 10.5. The van der Waals surface area contributed by atoms with E-state index < -0.39 is 6.55 Å². The molecule has 0 saturated heterocycles. The summed E-state index contributed by atoms with van der Waals surface area (Å²) in [5.74, 6) is 0.310. The quantitative estimate of drug-likeness (QED) is 0.674. The van der Waals surface area contributed by atoms with Crippen molar-refractivity contribution in [2.75, 3.05) is 0 Å². The Morgan fingerprint density at radius 2 is 2.10 bits per heavy atom. The average molecular weight is 295 g/mol. The van der Waals surface area contributed by atoms with E-state index in [-0.39, 0.29) is 5.25 Å². The van der Waals surface area contributed by atoms with Crippen molar-refractivity contribution in [2.24, 2.45) is 0 Å². The lowest BCUT2D eigenvalue weighted by molar-refractivity contribution is 0.0715. The van der Waals surface area contributed by atoms with Gasteiger partial charge in [0.1, 0.15) is 12.1 Å². The van der Waals surface area contributed by atoms with E-state index in [4.69, 9.17) is 4.42 Å². The normalized spacial score (nSPS) is 13.2. The molecule has 0 amide bonds. The maximum atomic E-state index is 13.3. The van der Waals surface area contributed by atoms with Crippen molar-refractivity contribution in [1.29, 1.82) is 0 Å². The highest BCUT2D eigenvalue weighted by Gasteiger charge is 2.23. The first-order chi connectivity index (χ1) is 9.66. The fourth-order valence-electron chi connectivity index (χ4n) is 2.03. The van der Waals surface area contributed by atoms with Crippen LogP contribution in [0, 0.1) is 0 Å². The largest absolute Gasteiger partial charge is 0.440 e. The van der Waals surface area contributed by atoms with Gasteiger partial charge in [0.25, 0.3) is 5.22 Å². The molecule has 0 spiro atoms. The van der Waals surface area contributed by atoms with Crippen LogP contribution in [0.1, 0.15) is 24.5 Å². The van der Waals surface area contributed by atoms with Gasteiger partial charge in [0.15, 0.2) is 0 Å². The SMILES string of the molecule is C[C@@H](Sc1ncco1)c1nc2ccccc2n1C(F)F. The number of nitrogens with zero attached hydrogens (tertiary/aromatic N) is 3. The van der Waals surface area contributed by atoms with Crippen molar-refractivity contribution < 1.29 is 13.2 Å². The fraction of sp³-hybridized carbons (Fsp3) is 0.231. The molecule has 0 aliphatic heterocycles. The highest BCUT2D eigenvalue weighted by Crippen LogP contribution is 2.36. The molecule has 1 atom stereocenters. The summed E-state index contributed by atoms with van der Waals surface area (Å²) in [5.41, 5.74) is 0.986. The predicted octanol–water partition coefficient (Wildman–Crippen LogP) is 4.27. The highest BCUT2D eigenvalue weighted by molar-refractivity contribution is 7.99. The summed E-state index contributed by atoms with van der Waals surface area (Å²) in [5, 5.41) is 0.139. The van der Waals surface area contributed by atoms with Gasteiger partial charge in [0.05, 0.1) is 22.5 Å². The Bertz CT molecular complexity index is 712. The minimum Gasteiger partial charge on any atom is -0.440 e. The molecule has 0 unspecified atom stereocenters. The van der Waals surface area contributed by atoms with Crippen LogP contribution in [0.5, 0.6) is 0 Å². The summed E-state index contributed by atoms with van der Waals surface area (Å²) in [6, 6.07) is 6.86. The van der Waals surface area contributed by atoms with E-state index in [0.29, 0.717) is 22.1 Å². The van der Waals surface area contributed by atoms with Gasteiger partial charge in [-0.15, -0.1) is 0 Å². The topological polar surface area (TPSA) is 43.9 Å². The number of aromatic nitrogens is 3. The van der Waals surface area contributed by atoms with Crippen LogP contribution < -0.4 is 0 Å². The molecule has 4 nitrogen and oxygen atoms in total. The van der Waals surface area contributed by atoms with Crippen molar-refractivity contribution in [3.63, 3.8) is 0 Å². The Kier molecular flexibility index (Phi) is 3.43. The number of oxazole rings is 1. The monoisotopic (exact) mass is 295 g/mol. The molecule has 0 radical (unpaired) electrons. The third-order valence-corrected chi connectivity index (χ3v) is 3.84. The average Bonchev–Trinajstić information content (AvgIpc) is 3.04. The van der Waals surface area contributed by atoms with Gasteiger partial charge in [-0.25, -0.2) is 9.97 Å². The number of hydrogen-bond acceptors (Lipinski definition) is 4. The second-order valence-corrected chi connectivity index (χ2v) is 5.46. The smallest absolute Gasteiger partial charge is 0.320 e. The van der Waals surface area contributed by atoms with Gasteiger partial charge < -0.3 is 4.42 Å². The third-order valence-electron chi connectivity index (χ3n) is 2.87. The van der Waals surface area contributed by atoms with E-state index in [9.17, 15) is 8.78 Å². The van der Waals surface area contributed by atoms with Crippen LogP contribution in [-0.2, 0) is 0 Å². The van der Waals surface area contributed by atoms with E-state index in [1.807, 2.05) is 0 Å². The number of imidazole rings is 1. The van der Waals surface area contributed by atoms with Crippen LogP contribution in [0.3, 0.4) is 0 Å². The summed E-state index contributed by atoms with van der Waals surface area (Å²) in [4.78, 5) is 8.29. The minimum absolute atomic E-state index is 0.296. The van der Waals surface area contributed by atoms with E-state index >= 15 is 0 Å². The number of fused-ring (bicyclic) bond motifs is 1. The number of para-hydroxylation sites is 2. The lowest BCUT2D eigenvalue weighted by Crippen LogP contribution is -2.06. The first-order valence-corrected chi connectivity index (χ1v) is 6.86. The maximum absolute atomic E-state index is 13.3. The van der Waals surface area contributed by atoms with Crippen LogP contribution >= 0.6 is 11.8 Å². The summed E-state index contributed by atoms with van der Waals surface area (Å²) < 4.78 is 32.7. The molecule has 0 aliphatic rings. The van der Waals surface area contributed by atoms with Gasteiger partial charge >= 0.3 is 6.55 Å². The lowest BCUT2D eigenvalue weighted by Gasteiger charge is -2.12. The number of alkyl halides is 2. The molecule has 0 saturated carbocycles. The molecule has 0 N–H and O–H groups in total. The highest BCUT2D eigenvalue weighted by atomic mass is 32.2. The molecule has 2 aromatic heterocycles. The molecule has 0 fully saturated rings. The number of hydrogen-bond donors (Lipinski definition) is 0. The number of benzene rings is 1. The Hall–Kier alpha value is -1.89. The van der Waals surface area contributed by atoms with E-state index in [0.717, 1.165) is 4.57 Å². The van der Waals surface area contributed by atoms with Gasteiger partial charge in [0, 0.05) is 0 Å². The summed E-state index contributed by atoms with van der Waals surface area (Å²) in [7, 11) is 0. The minimum atomic E-state index is -2.63. The molecule has 0 bridgehead atoms. The van der Waals surface area contributed by atoms with Crippen LogP contribution in [0.15, 0.2) is 46.4 Å². The van der Waals surface area contributed by atoms with Crippen molar-refractivity contribution in [3.05, 3.63) is 42.5 Å². The van der Waals surface area contributed by atoms with Gasteiger partial charge in [-0.05, 0) is 19.1 Å². The van der Waals surface area contributed by atoms with E-state index in [2.05, 4.69) is 9.97 Å². The van der Waals surface area contributed by atoms with Crippen molar-refractivity contribution in [3.8, 4) is 0 Å². The zero-order chi connectivity index (χ0) is 14.1. The standard InChI is InChI=1S/C13H11F2N3OS/c1-8(20-13-16-6-7-19-13)11-17-9-4-2-3-5-10(9)18(11)12(14)15/h2-8,12H,1H3/t8-/m1/s1. The molecule has 0 aliphatic carbocycles. The van der Waals surface area contributed by atoms with E-state index in [1.165, 1.54) is 24.2 Å². The summed E-state index contributed by atoms with van der Waals surface area (Å²) >= 11 is 1.26. The lowest BCUT2D eigenvalue weighted by atomic mass is 10.3. The van der Waals surface area contributed by atoms with Crippen molar-refractivity contribution >= 4 is 22.8 Å². The van der Waals surface area contributed by atoms with Crippen molar-refractivity contribution in [2.45, 2.75) is 23.9 Å². The van der Waals surface area contributed by atoms with Gasteiger partial charge in [-0.2, -0.15) is 8.78 Å². The maximum Gasteiger partial charge on any atom is 0.320 e. The van der Waals surface area contributed by atoms with Gasteiger partial charge in [-0.3, -0.25) is 4.57 Å². The van der Waals surface area contributed by atoms with Crippen molar-refractivity contribution in [1.82, 2.24) is 14.5 Å². The molecule has 2 heterocycles. The Balaban J connectivity index is 2.03. The second-order valence-electron chi connectivity index (χ2n) is 4.16. The molecule has 104 valence electrons. The molecule has 3 aromatic rings. The van der Waals surface area contributed by atoms with Gasteiger partial charge in [0.2, 0.25) is 0 Å². The van der Waals surface area contributed by atoms with Crippen LogP contribution in [0.2, 0.25) is 0 Å². The first-order valence-electron chi connectivity index (χ1n) is 5.98. The Morgan fingerprint density at radius 3 is 2.80 bits per heavy atom. The number of halogens is 2. The second kappa shape index (κ2) is 5.24. The number of thioether (sulfide) groups is 1. The molecular weight excluding hydrogens is 284 g/mol. The summed E-state index contributed by atoms with van der Waals surface area (Å²) in [6.07, 6.45) is 2.97. The van der Waals surface area contributed by atoms with Crippen LogP contribution in [0.25, 0.3) is 11.0 Å². The molecule has 1 aromatic carbocycles. The third kappa shape index (κ3) is 2.29. The van der Waals surface area contributed by atoms with E-state index in [1.54, 1.807) is 31.2 Å².